The Morgan fingerprint density at radius 2 is 1.62 bits per heavy atom. The molecule has 1 N–H and O–H groups in total. The number of carboxylic acids is 1. The van der Waals surface area contributed by atoms with E-state index >= 15 is 0 Å². The van der Waals surface area contributed by atoms with Gasteiger partial charge in [0.05, 0.1) is 17.4 Å². The Labute approximate surface area is 142 Å². The minimum atomic E-state index is -0.839. The zero-order valence-corrected chi connectivity index (χ0v) is 14.4. The lowest BCUT2D eigenvalue weighted by molar-refractivity contribution is -0.139. The molecule has 0 radical (unpaired) electrons. The summed E-state index contributed by atoms with van der Waals surface area (Å²) >= 11 is 0. The topological polar surface area (TPSA) is 52.9 Å². The second kappa shape index (κ2) is 6.11. The lowest BCUT2D eigenvalue weighted by Gasteiger charge is -2.28. The van der Waals surface area contributed by atoms with Gasteiger partial charge in [-0.25, -0.2) is 0 Å². The number of rotatable bonds is 3. The van der Waals surface area contributed by atoms with Crippen LogP contribution in [0.15, 0.2) is 47.6 Å². The van der Waals surface area contributed by atoms with Crippen molar-refractivity contribution in [1.29, 1.82) is 0 Å². The maximum Gasteiger partial charge on any atom is 0.314 e. The van der Waals surface area contributed by atoms with E-state index in [0.717, 1.165) is 22.4 Å². The maximum atomic E-state index is 11.9. The number of carboxylic acid groups (broad SMARTS) is 1. The predicted octanol–water partition coefficient (Wildman–Crippen LogP) is 4.25. The first-order valence-electron chi connectivity index (χ1n) is 8.09. The van der Waals surface area contributed by atoms with Crippen LogP contribution < -0.4 is 5.01 Å². The molecule has 1 heterocycles. The van der Waals surface area contributed by atoms with Crippen molar-refractivity contribution in [2.24, 2.45) is 11.0 Å². The average Bonchev–Trinajstić information content (AvgIpc) is 2.85. The van der Waals surface area contributed by atoms with Crippen LogP contribution in [0.5, 0.6) is 0 Å². The van der Waals surface area contributed by atoms with E-state index < -0.39 is 11.9 Å². The molecule has 4 nitrogen and oxygen atoms in total. The van der Waals surface area contributed by atoms with Gasteiger partial charge >= 0.3 is 5.97 Å². The second-order valence-electron chi connectivity index (χ2n) is 6.55. The van der Waals surface area contributed by atoms with Crippen molar-refractivity contribution in [2.45, 2.75) is 33.7 Å². The fourth-order valence-electron chi connectivity index (χ4n) is 3.34. The maximum absolute atomic E-state index is 11.9. The van der Waals surface area contributed by atoms with E-state index in [1.165, 1.54) is 5.56 Å². The molecular weight excluding hydrogens is 300 g/mol. The van der Waals surface area contributed by atoms with Crippen LogP contribution in [0.2, 0.25) is 0 Å². The van der Waals surface area contributed by atoms with Crippen LogP contribution in [-0.2, 0) is 4.79 Å². The lowest BCUT2D eigenvalue weighted by atomic mass is 9.89. The van der Waals surface area contributed by atoms with Crippen LogP contribution in [0.1, 0.15) is 35.2 Å². The summed E-state index contributed by atoms with van der Waals surface area (Å²) in [6, 6.07) is 13.9. The molecule has 2 aromatic rings. The first-order valence-corrected chi connectivity index (χ1v) is 8.09. The highest BCUT2D eigenvalue weighted by Gasteiger charge is 2.42. The number of benzene rings is 2. The van der Waals surface area contributed by atoms with E-state index in [9.17, 15) is 9.90 Å². The smallest absolute Gasteiger partial charge is 0.314 e. The van der Waals surface area contributed by atoms with Crippen LogP contribution in [0.3, 0.4) is 0 Å². The van der Waals surface area contributed by atoms with Crippen molar-refractivity contribution in [3.63, 3.8) is 0 Å². The highest BCUT2D eigenvalue weighted by atomic mass is 16.4. The number of carbonyl (C=O) groups is 1. The molecule has 4 heteroatoms. The Hall–Kier alpha value is -2.62. The molecule has 0 bridgehead atoms. The number of anilines is 1. The molecular formula is C20H22N2O2. The molecule has 1 aliphatic rings. The number of hydrogen-bond acceptors (Lipinski definition) is 3. The highest BCUT2D eigenvalue weighted by molar-refractivity contribution is 6.03. The van der Waals surface area contributed by atoms with Crippen LogP contribution in [0, 0.1) is 26.7 Å². The van der Waals surface area contributed by atoms with Crippen molar-refractivity contribution < 1.29 is 9.90 Å². The van der Waals surface area contributed by atoms with Gasteiger partial charge in [0, 0.05) is 0 Å². The monoisotopic (exact) mass is 322 g/mol. The van der Waals surface area contributed by atoms with E-state index in [1.807, 2.05) is 62.2 Å². The number of hydrazone groups is 1. The fraction of sp³-hybridized carbons (Fsp3) is 0.300. The van der Waals surface area contributed by atoms with E-state index in [2.05, 4.69) is 11.2 Å². The van der Waals surface area contributed by atoms with Crippen molar-refractivity contribution >= 4 is 17.4 Å². The van der Waals surface area contributed by atoms with E-state index in [4.69, 9.17) is 0 Å². The number of aliphatic carboxylic acids is 1. The average molecular weight is 322 g/mol. The number of aryl methyl sites for hydroxylation is 3. The second-order valence-corrected chi connectivity index (χ2v) is 6.55. The van der Waals surface area contributed by atoms with Gasteiger partial charge in [-0.2, -0.15) is 5.10 Å². The zero-order valence-electron chi connectivity index (χ0n) is 14.4. The Kier molecular flexibility index (Phi) is 4.14. The van der Waals surface area contributed by atoms with Crippen molar-refractivity contribution in [2.75, 3.05) is 5.01 Å². The Balaban J connectivity index is 2.12. The summed E-state index contributed by atoms with van der Waals surface area (Å²) < 4.78 is 0. The Morgan fingerprint density at radius 3 is 2.21 bits per heavy atom. The van der Waals surface area contributed by atoms with Gasteiger partial charge in [-0.3, -0.25) is 9.80 Å². The molecule has 0 amide bonds. The van der Waals surface area contributed by atoms with Crippen LogP contribution in [-0.4, -0.2) is 16.8 Å². The molecule has 124 valence electrons. The molecule has 0 aromatic heterocycles. The Bertz CT molecular complexity index is 809. The third-order valence-electron chi connectivity index (χ3n) is 4.58. The van der Waals surface area contributed by atoms with Gasteiger partial charge in [-0.1, -0.05) is 47.5 Å². The van der Waals surface area contributed by atoms with Crippen LogP contribution >= 0.6 is 0 Å². The fourth-order valence-corrected chi connectivity index (χ4v) is 3.34. The summed E-state index contributed by atoms with van der Waals surface area (Å²) in [6.45, 7) is 7.90. The molecule has 0 saturated carbocycles. The minimum absolute atomic E-state index is 0.329. The first kappa shape index (κ1) is 16.2. The molecule has 2 atom stereocenters. The van der Waals surface area contributed by atoms with Gasteiger partial charge in [0.2, 0.25) is 0 Å². The first-order chi connectivity index (χ1) is 11.4. The van der Waals surface area contributed by atoms with Gasteiger partial charge < -0.3 is 5.11 Å². The summed E-state index contributed by atoms with van der Waals surface area (Å²) in [5, 5.41) is 16.2. The van der Waals surface area contributed by atoms with Gasteiger partial charge in [-0.05, 0) is 44.9 Å². The summed E-state index contributed by atoms with van der Waals surface area (Å²) in [7, 11) is 0. The quantitative estimate of drug-likeness (QED) is 0.919. The summed E-state index contributed by atoms with van der Waals surface area (Å²) in [5.74, 6) is -1.48. The SMILES string of the molecule is CC1=NN(c2ccc(C)cc2C)C(c2ccc(C)cc2)C1C(=O)O. The molecule has 1 aliphatic heterocycles. The van der Waals surface area contributed by atoms with Gasteiger partial charge in [0.15, 0.2) is 0 Å². The molecule has 0 fully saturated rings. The molecule has 0 saturated heterocycles. The van der Waals surface area contributed by atoms with Crippen molar-refractivity contribution in [3.05, 3.63) is 64.7 Å². The third-order valence-corrected chi connectivity index (χ3v) is 4.58. The van der Waals surface area contributed by atoms with Crippen molar-refractivity contribution in [3.8, 4) is 0 Å². The molecule has 0 spiro atoms. The zero-order chi connectivity index (χ0) is 17.4. The summed E-state index contributed by atoms with van der Waals surface area (Å²) in [5.41, 5.74) is 5.97. The molecule has 2 aromatic carbocycles. The third kappa shape index (κ3) is 2.80. The molecule has 2 unspecified atom stereocenters. The van der Waals surface area contributed by atoms with E-state index in [-0.39, 0.29) is 6.04 Å². The standard InChI is InChI=1S/C20H22N2O2/c1-12-5-8-16(9-6-12)19-18(20(23)24)15(4)21-22(19)17-10-7-13(2)11-14(17)3/h5-11,18-19H,1-4H3,(H,23,24). The predicted molar refractivity (Wildman–Crippen MR) is 96.5 cm³/mol. The Morgan fingerprint density at radius 1 is 1.00 bits per heavy atom. The number of nitrogens with zero attached hydrogens (tertiary/aromatic N) is 2. The molecule has 0 aliphatic carbocycles. The molecule has 24 heavy (non-hydrogen) atoms. The van der Waals surface area contributed by atoms with E-state index in [0.29, 0.717) is 5.71 Å². The van der Waals surface area contributed by atoms with Gasteiger partial charge in [0.1, 0.15) is 5.92 Å². The largest absolute Gasteiger partial charge is 0.481 e. The van der Waals surface area contributed by atoms with Crippen molar-refractivity contribution in [1.82, 2.24) is 0 Å². The summed E-state index contributed by atoms with van der Waals surface area (Å²) in [4.78, 5) is 11.9. The number of hydrogen-bond donors (Lipinski definition) is 1. The van der Waals surface area contributed by atoms with Gasteiger partial charge in [-0.15, -0.1) is 0 Å². The normalized spacial score (nSPS) is 20.2. The van der Waals surface area contributed by atoms with Crippen LogP contribution in [0.25, 0.3) is 0 Å². The summed E-state index contributed by atoms with van der Waals surface area (Å²) in [6.07, 6.45) is 0. The van der Waals surface area contributed by atoms with Gasteiger partial charge in [0.25, 0.3) is 0 Å². The highest BCUT2D eigenvalue weighted by Crippen LogP contribution is 2.40. The molecule has 3 rings (SSSR count). The van der Waals surface area contributed by atoms with E-state index in [1.54, 1.807) is 6.92 Å². The minimum Gasteiger partial charge on any atom is -0.481 e. The van der Waals surface area contributed by atoms with Crippen LogP contribution in [0.4, 0.5) is 5.69 Å². The lowest BCUT2D eigenvalue weighted by Crippen LogP contribution is -2.30.